The number of aliphatic carboxylic acids is 1. The van der Waals surface area contributed by atoms with Crippen molar-refractivity contribution in [3.8, 4) is 5.75 Å². The van der Waals surface area contributed by atoms with Crippen molar-refractivity contribution in [2.75, 3.05) is 13.2 Å². The highest BCUT2D eigenvalue weighted by Gasteiger charge is 2.39. The number of hydrogen-bond donors (Lipinski definition) is 1. The van der Waals surface area contributed by atoms with E-state index < -0.39 is 12.0 Å². The van der Waals surface area contributed by atoms with Crippen molar-refractivity contribution in [3.63, 3.8) is 0 Å². The lowest BCUT2D eigenvalue weighted by atomic mass is 9.86. The van der Waals surface area contributed by atoms with Crippen molar-refractivity contribution in [1.82, 2.24) is 4.90 Å². The van der Waals surface area contributed by atoms with Crippen LogP contribution in [0.1, 0.15) is 42.6 Å². The molecular weight excluding hydrogens is 270 g/mol. The third-order valence-corrected chi connectivity index (χ3v) is 4.35. The molecule has 0 aromatic heterocycles. The molecule has 1 unspecified atom stereocenters. The highest BCUT2D eigenvalue weighted by atomic mass is 16.5. The zero-order chi connectivity index (χ0) is 15.2. The molecule has 0 spiro atoms. The van der Waals surface area contributed by atoms with Crippen LogP contribution in [0.5, 0.6) is 5.75 Å². The number of nitrogens with zero attached hydrogens (tertiary/aromatic N) is 1. The van der Waals surface area contributed by atoms with E-state index in [0.717, 1.165) is 12.0 Å². The third-order valence-electron chi connectivity index (χ3n) is 4.35. The Labute approximate surface area is 123 Å². The molecule has 0 saturated carbocycles. The van der Waals surface area contributed by atoms with Crippen molar-refractivity contribution in [2.24, 2.45) is 0 Å². The summed E-state index contributed by atoms with van der Waals surface area (Å²) in [7, 11) is 0. The minimum atomic E-state index is -0.935. The van der Waals surface area contributed by atoms with E-state index in [1.54, 1.807) is 6.07 Å². The van der Waals surface area contributed by atoms with Crippen LogP contribution in [0.4, 0.5) is 0 Å². The fraction of sp³-hybridized carbons (Fsp3) is 0.500. The van der Waals surface area contributed by atoms with Gasteiger partial charge in [0.05, 0.1) is 12.2 Å². The van der Waals surface area contributed by atoms with Crippen LogP contribution in [-0.4, -0.2) is 41.1 Å². The summed E-state index contributed by atoms with van der Waals surface area (Å²) in [5.41, 5.74) is 1.37. The summed E-state index contributed by atoms with van der Waals surface area (Å²) in [5, 5.41) is 9.23. The maximum Gasteiger partial charge on any atom is 0.326 e. The van der Waals surface area contributed by atoms with Crippen LogP contribution < -0.4 is 4.74 Å². The van der Waals surface area contributed by atoms with E-state index in [0.29, 0.717) is 30.9 Å². The van der Waals surface area contributed by atoms with Crippen molar-refractivity contribution in [2.45, 2.75) is 38.1 Å². The topological polar surface area (TPSA) is 66.8 Å². The fourth-order valence-electron chi connectivity index (χ4n) is 3.15. The van der Waals surface area contributed by atoms with Crippen LogP contribution in [0.2, 0.25) is 0 Å². The molecule has 2 aliphatic heterocycles. The Kier molecular flexibility index (Phi) is 3.15. The summed E-state index contributed by atoms with van der Waals surface area (Å²) in [5.74, 6) is -0.562. The highest BCUT2D eigenvalue weighted by molar-refractivity contribution is 6.00. The minimum Gasteiger partial charge on any atom is -0.492 e. The molecule has 0 aliphatic carbocycles. The first-order valence-electron chi connectivity index (χ1n) is 7.22. The number of fused-ring (bicyclic) bond motifs is 1. The third kappa shape index (κ3) is 2.17. The standard InChI is InChI=1S/C16H19NO4/c1-16(2)9-21-13-10(5-3-6-11(13)16)14(18)17-8-4-7-12(17)15(19)20/h3,5-6,12H,4,7-9H2,1-2H3,(H,19,20). The number of benzene rings is 1. The van der Waals surface area contributed by atoms with E-state index >= 15 is 0 Å². The molecule has 1 N–H and O–H groups in total. The van der Waals surface area contributed by atoms with Crippen LogP contribution in [0.3, 0.4) is 0 Å². The van der Waals surface area contributed by atoms with Crippen molar-refractivity contribution >= 4 is 11.9 Å². The van der Waals surface area contributed by atoms with Gasteiger partial charge in [-0.1, -0.05) is 26.0 Å². The molecule has 3 rings (SSSR count). The summed E-state index contributed by atoms with van der Waals surface area (Å²) < 4.78 is 5.73. The Morgan fingerprint density at radius 1 is 1.38 bits per heavy atom. The summed E-state index contributed by atoms with van der Waals surface area (Å²) in [6, 6.07) is 4.81. The number of carboxylic acid groups (broad SMARTS) is 1. The second kappa shape index (κ2) is 4.76. The predicted molar refractivity (Wildman–Crippen MR) is 76.7 cm³/mol. The molecule has 1 aromatic rings. The van der Waals surface area contributed by atoms with Gasteiger partial charge < -0.3 is 14.7 Å². The smallest absolute Gasteiger partial charge is 0.326 e. The average Bonchev–Trinajstić information content (AvgIpc) is 3.03. The predicted octanol–water partition coefficient (Wildman–Crippen LogP) is 2.05. The van der Waals surface area contributed by atoms with Gasteiger partial charge in [0.1, 0.15) is 11.8 Å². The molecule has 2 aliphatic rings. The molecule has 1 atom stereocenters. The summed E-state index contributed by atoms with van der Waals surface area (Å²) in [6.45, 7) is 5.17. The van der Waals surface area contributed by atoms with Gasteiger partial charge in [-0.05, 0) is 18.9 Å². The van der Waals surface area contributed by atoms with E-state index in [1.807, 2.05) is 12.1 Å². The SMILES string of the molecule is CC1(C)COc2c(C(=O)N3CCCC3C(=O)O)cccc21. The number of amides is 1. The average molecular weight is 289 g/mol. The van der Waals surface area contributed by atoms with Crippen LogP contribution in [0.25, 0.3) is 0 Å². The molecule has 5 nitrogen and oxygen atoms in total. The number of carbonyl (C=O) groups is 2. The first kappa shape index (κ1) is 13.9. The van der Waals surface area contributed by atoms with Crippen molar-refractivity contribution in [1.29, 1.82) is 0 Å². The molecule has 112 valence electrons. The summed E-state index contributed by atoms with van der Waals surface area (Å²) in [4.78, 5) is 25.4. The van der Waals surface area contributed by atoms with Crippen molar-refractivity contribution < 1.29 is 19.4 Å². The van der Waals surface area contributed by atoms with E-state index in [1.165, 1.54) is 4.90 Å². The zero-order valence-electron chi connectivity index (χ0n) is 12.3. The molecule has 0 bridgehead atoms. The van der Waals surface area contributed by atoms with Crippen LogP contribution >= 0.6 is 0 Å². The van der Waals surface area contributed by atoms with Gasteiger partial charge in [-0.2, -0.15) is 0 Å². The zero-order valence-corrected chi connectivity index (χ0v) is 12.3. The molecular formula is C16H19NO4. The molecule has 1 fully saturated rings. The summed E-state index contributed by atoms with van der Waals surface area (Å²) in [6.07, 6.45) is 1.24. The van der Waals surface area contributed by atoms with Gasteiger partial charge in [-0.15, -0.1) is 0 Å². The largest absolute Gasteiger partial charge is 0.492 e. The Hall–Kier alpha value is -2.04. The second-order valence-corrected chi connectivity index (χ2v) is 6.35. The van der Waals surface area contributed by atoms with Gasteiger partial charge in [-0.25, -0.2) is 4.79 Å². The maximum absolute atomic E-state index is 12.7. The molecule has 2 heterocycles. The number of ether oxygens (including phenoxy) is 1. The van der Waals surface area contributed by atoms with Gasteiger partial charge in [0.2, 0.25) is 0 Å². The molecule has 5 heteroatoms. The molecule has 1 saturated heterocycles. The Morgan fingerprint density at radius 2 is 2.14 bits per heavy atom. The van der Waals surface area contributed by atoms with Crippen LogP contribution in [-0.2, 0) is 10.2 Å². The van der Waals surface area contributed by atoms with Gasteiger partial charge in [-0.3, -0.25) is 4.79 Å². The fourth-order valence-corrected chi connectivity index (χ4v) is 3.15. The van der Waals surface area contributed by atoms with Gasteiger partial charge >= 0.3 is 5.97 Å². The van der Waals surface area contributed by atoms with E-state index in [2.05, 4.69) is 13.8 Å². The summed E-state index contributed by atoms with van der Waals surface area (Å²) >= 11 is 0. The van der Waals surface area contributed by atoms with Gasteiger partial charge in [0.25, 0.3) is 5.91 Å². The maximum atomic E-state index is 12.7. The molecule has 21 heavy (non-hydrogen) atoms. The lowest BCUT2D eigenvalue weighted by molar-refractivity contribution is -0.141. The van der Waals surface area contributed by atoms with Crippen LogP contribution in [0.15, 0.2) is 18.2 Å². The first-order valence-corrected chi connectivity index (χ1v) is 7.22. The quantitative estimate of drug-likeness (QED) is 0.905. The molecule has 1 aromatic carbocycles. The van der Waals surface area contributed by atoms with Crippen molar-refractivity contribution in [3.05, 3.63) is 29.3 Å². The van der Waals surface area contributed by atoms with E-state index in [9.17, 15) is 14.7 Å². The number of para-hydroxylation sites is 1. The number of rotatable bonds is 2. The molecule has 1 amide bonds. The number of likely N-dealkylation sites (tertiary alicyclic amines) is 1. The Bertz CT molecular complexity index is 608. The Morgan fingerprint density at radius 3 is 2.86 bits per heavy atom. The number of carboxylic acids is 1. The lowest BCUT2D eigenvalue weighted by Crippen LogP contribution is -2.40. The van der Waals surface area contributed by atoms with E-state index in [-0.39, 0.29) is 11.3 Å². The van der Waals surface area contributed by atoms with Gasteiger partial charge in [0.15, 0.2) is 0 Å². The monoisotopic (exact) mass is 289 g/mol. The highest BCUT2D eigenvalue weighted by Crippen LogP contribution is 2.41. The van der Waals surface area contributed by atoms with Gasteiger partial charge in [0, 0.05) is 17.5 Å². The number of carbonyl (C=O) groups excluding carboxylic acids is 1. The second-order valence-electron chi connectivity index (χ2n) is 6.35. The number of hydrogen-bond acceptors (Lipinski definition) is 3. The molecule has 0 radical (unpaired) electrons. The lowest BCUT2D eigenvalue weighted by Gasteiger charge is -2.22. The normalized spacial score (nSPS) is 22.8. The first-order chi connectivity index (χ1) is 9.92. The van der Waals surface area contributed by atoms with E-state index in [4.69, 9.17) is 4.74 Å². The van der Waals surface area contributed by atoms with Crippen LogP contribution in [0, 0.1) is 0 Å². The Balaban J connectivity index is 1.97. The minimum absolute atomic E-state index is 0.122.